The summed E-state index contributed by atoms with van der Waals surface area (Å²) in [5.41, 5.74) is 0. The van der Waals surface area contributed by atoms with Crippen LogP contribution in [0.3, 0.4) is 0 Å². The molecule has 3 heteroatoms. The van der Waals surface area contributed by atoms with Crippen molar-refractivity contribution < 1.29 is 5.11 Å². The monoisotopic (exact) mass is 214 g/mol. The summed E-state index contributed by atoms with van der Waals surface area (Å²) >= 11 is 0. The van der Waals surface area contributed by atoms with E-state index >= 15 is 0 Å². The molecule has 0 unspecified atom stereocenters. The summed E-state index contributed by atoms with van der Waals surface area (Å²) in [7, 11) is 2.22. The molecule has 1 saturated carbocycles. The SMILES string of the molecule is CC(C)N(C)[C@@H]1CCCC[C@@H]1NCCO. The number of aliphatic hydroxyl groups is 1. The summed E-state index contributed by atoms with van der Waals surface area (Å²) in [5.74, 6) is 0. The number of hydrogen-bond donors (Lipinski definition) is 2. The van der Waals surface area contributed by atoms with Crippen LogP contribution in [0, 0.1) is 0 Å². The Morgan fingerprint density at radius 3 is 2.60 bits per heavy atom. The lowest BCUT2D eigenvalue weighted by Crippen LogP contribution is -2.52. The van der Waals surface area contributed by atoms with Crippen LogP contribution in [0.15, 0.2) is 0 Å². The van der Waals surface area contributed by atoms with Gasteiger partial charge in [0.1, 0.15) is 0 Å². The Balaban J connectivity index is 2.49. The maximum atomic E-state index is 8.85. The topological polar surface area (TPSA) is 35.5 Å². The summed E-state index contributed by atoms with van der Waals surface area (Å²) in [6.07, 6.45) is 5.21. The Hall–Kier alpha value is -0.120. The van der Waals surface area contributed by atoms with Crippen LogP contribution in [0.5, 0.6) is 0 Å². The van der Waals surface area contributed by atoms with Crippen molar-refractivity contribution in [1.82, 2.24) is 10.2 Å². The Bertz CT molecular complexity index is 173. The Morgan fingerprint density at radius 1 is 1.33 bits per heavy atom. The average Bonchev–Trinajstić information content (AvgIpc) is 2.25. The van der Waals surface area contributed by atoms with Crippen LogP contribution < -0.4 is 5.32 Å². The first-order valence-electron chi connectivity index (χ1n) is 6.23. The molecule has 0 bridgehead atoms. The highest BCUT2D eigenvalue weighted by molar-refractivity contribution is 4.88. The van der Waals surface area contributed by atoms with Crippen LogP contribution in [-0.2, 0) is 0 Å². The van der Waals surface area contributed by atoms with Gasteiger partial charge in [0.05, 0.1) is 6.61 Å². The molecule has 2 atom stereocenters. The highest BCUT2D eigenvalue weighted by atomic mass is 16.3. The molecule has 3 nitrogen and oxygen atoms in total. The first kappa shape index (κ1) is 12.9. The van der Waals surface area contributed by atoms with Crippen LogP contribution in [0.2, 0.25) is 0 Å². The molecule has 2 N–H and O–H groups in total. The third kappa shape index (κ3) is 3.74. The van der Waals surface area contributed by atoms with E-state index in [1.807, 2.05) is 0 Å². The molecule has 0 aromatic rings. The largest absolute Gasteiger partial charge is 0.395 e. The van der Waals surface area contributed by atoms with Crippen molar-refractivity contribution in [3.8, 4) is 0 Å². The maximum absolute atomic E-state index is 8.85. The Morgan fingerprint density at radius 2 is 2.00 bits per heavy atom. The summed E-state index contributed by atoms with van der Waals surface area (Å²) in [6, 6.07) is 1.81. The van der Waals surface area contributed by atoms with Gasteiger partial charge >= 0.3 is 0 Å². The van der Waals surface area contributed by atoms with E-state index < -0.39 is 0 Å². The van der Waals surface area contributed by atoms with E-state index in [-0.39, 0.29) is 6.61 Å². The van der Waals surface area contributed by atoms with Gasteiger partial charge in [-0.2, -0.15) is 0 Å². The van der Waals surface area contributed by atoms with Crippen molar-refractivity contribution in [2.75, 3.05) is 20.2 Å². The number of rotatable bonds is 5. The quantitative estimate of drug-likeness (QED) is 0.722. The van der Waals surface area contributed by atoms with Crippen molar-refractivity contribution in [1.29, 1.82) is 0 Å². The zero-order chi connectivity index (χ0) is 11.3. The highest BCUT2D eigenvalue weighted by Gasteiger charge is 2.28. The summed E-state index contributed by atoms with van der Waals surface area (Å²) in [5, 5.41) is 12.3. The van der Waals surface area contributed by atoms with Gasteiger partial charge in [-0.05, 0) is 33.7 Å². The van der Waals surface area contributed by atoms with Gasteiger partial charge in [-0.25, -0.2) is 0 Å². The van der Waals surface area contributed by atoms with E-state index in [9.17, 15) is 0 Å². The second kappa shape index (κ2) is 6.46. The number of nitrogens with one attached hydrogen (secondary N) is 1. The molecule has 0 spiro atoms. The van der Waals surface area contributed by atoms with Gasteiger partial charge < -0.3 is 10.4 Å². The first-order chi connectivity index (χ1) is 7.16. The van der Waals surface area contributed by atoms with E-state index in [2.05, 4.69) is 31.1 Å². The van der Waals surface area contributed by atoms with Gasteiger partial charge in [0, 0.05) is 24.7 Å². The molecule has 0 radical (unpaired) electrons. The fourth-order valence-corrected chi connectivity index (χ4v) is 2.47. The standard InChI is InChI=1S/C12H26N2O/c1-10(2)14(3)12-7-5-4-6-11(12)13-8-9-15/h10-13,15H,4-9H2,1-3H3/t11-,12+/m0/s1. The van der Waals surface area contributed by atoms with E-state index in [0.29, 0.717) is 18.1 Å². The Labute approximate surface area is 93.9 Å². The number of aliphatic hydroxyl groups excluding tert-OH is 1. The molecule has 0 aromatic heterocycles. The molecular formula is C12H26N2O. The lowest BCUT2D eigenvalue weighted by molar-refractivity contribution is 0.117. The maximum Gasteiger partial charge on any atom is 0.0556 e. The molecule has 15 heavy (non-hydrogen) atoms. The predicted molar refractivity (Wildman–Crippen MR) is 64.0 cm³/mol. The predicted octanol–water partition coefficient (Wildman–Crippen LogP) is 1.22. The summed E-state index contributed by atoms with van der Waals surface area (Å²) in [6.45, 7) is 5.47. The summed E-state index contributed by atoms with van der Waals surface area (Å²) < 4.78 is 0. The Kier molecular flexibility index (Phi) is 5.58. The number of likely N-dealkylation sites (N-methyl/N-ethyl adjacent to an activating group) is 1. The lowest BCUT2D eigenvalue weighted by Gasteiger charge is -2.40. The van der Waals surface area contributed by atoms with E-state index in [0.717, 1.165) is 6.54 Å². The third-order valence-corrected chi connectivity index (χ3v) is 3.59. The van der Waals surface area contributed by atoms with Gasteiger partial charge in [0.15, 0.2) is 0 Å². The number of hydrogen-bond acceptors (Lipinski definition) is 3. The minimum absolute atomic E-state index is 0.245. The molecule has 0 heterocycles. The molecule has 1 fully saturated rings. The minimum atomic E-state index is 0.245. The second-order valence-corrected chi connectivity index (χ2v) is 4.90. The molecule has 0 aromatic carbocycles. The third-order valence-electron chi connectivity index (χ3n) is 3.59. The molecule has 1 rings (SSSR count). The summed E-state index contributed by atoms with van der Waals surface area (Å²) in [4.78, 5) is 2.47. The van der Waals surface area contributed by atoms with Crippen molar-refractivity contribution in [2.45, 2.75) is 57.7 Å². The van der Waals surface area contributed by atoms with Crippen LogP contribution in [0.25, 0.3) is 0 Å². The van der Waals surface area contributed by atoms with Gasteiger partial charge in [-0.3, -0.25) is 4.90 Å². The smallest absolute Gasteiger partial charge is 0.0556 e. The van der Waals surface area contributed by atoms with Gasteiger partial charge in [-0.15, -0.1) is 0 Å². The molecular weight excluding hydrogens is 188 g/mol. The van der Waals surface area contributed by atoms with Crippen LogP contribution in [0.1, 0.15) is 39.5 Å². The van der Waals surface area contributed by atoms with Crippen molar-refractivity contribution in [3.63, 3.8) is 0 Å². The van der Waals surface area contributed by atoms with Gasteiger partial charge in [-0.1, -0.05) is 12.8 Å². The van der Waals surface area contributed by atoms with Crippen molar-refractivity contribution in [3.05, 3.63) is 0 Å². The molecule has 90 valence electrons. The zero-order valence-corrected chi connectivity index (χ0v) is 10.4. The number of nitrogens with zero attached hydrogens (tertiary/aromatic N) is 1. The molecule has 1 aliphatic rings. The van der Waals surface area contributed by atoms with Gasteiger partial charge in [0.2, 0.25) is 0 Å². The van der Waals surface area contributed by atoms with Crippen LogP contribution >= 0.6 is 0 Å². The van der Waals surface area contributed by atoms with E-state index in [4.69, 9.17) is 5.11 Å². The first-order valence-corrected chi connectivity index (χ1v) is 6.23. The average molecular weight is 214 g/mol. The molecule has 0 amide bonds. The van der Waals surface area contributed by atoms with E-state index in [1.54, 1.807) is 0 Å². The fourth-order valence-electron chi connectivity index (χ4n) is 2.47. The lowest BCUT2D eigenvalue weighted by atomic mass is 9.88. The minimum Gasteiger partial charge on any atom is -0.395 e. The fraction of sp³-hybridized carbons (Fsp3) is 1.00. The van der Waals surface area contributed by atoms with Crippen LogP contribution in [0.4, 0.5) is 0 Å². The highest BCUT2D eigenvalue weighted by Crippen LogP contribution is 2.23. The normalized spacial score (nSPS) is 27.6. The molecule has 0 aliphatic heterocycles. The van der Waals surface area contributed by atoms with Crippen LogP contribution in [-0.4, -0.2) is 48.3 Å². The zero-order valence-electron chi connectivity index (χ0n) is 10.4. The van der Waals surface area contributed by atoms with Gasteiger partial charge in [0.25, 0.3) is 0 Å². The second-order valence-electron chi connectivity index (χ2n) is 4.90. The molecule has 1 aliphatic carbocycles. The van der Waals surface area contributed by atoms with E-state index in [1.165, 1.54) is 25.7 Å². The van der Waals surface area contributed by atoms with Crippen molar-refractivity contribution in [2.24, 2.45) is 0 Å². The molecule has 0 saturated heterocycles. The van der Waals surface area contributed by atoms with Crippen molar-refractivity contribution >= 4 is 0 Å².